The Morgan fingerprint density at radius 2 is 1.52 bits per heavy atom. The summed E-state index contributed by atoms with van der Waals surface area (Å²) in [7, 11) is -2.49. The molecule has 0 aromatic heterocycles. The van der Waals surface area contributed by atoms with Crippen molar-refractivity contribution in [2.75, 3.05) is 12.9 Å². The molecule has 0 amide bonds. The minimum Gasteiger partial charge on any atom is -0.748 e. The standard InChI is InChI=1S/C16H24O5S.Na/c1-21-15-11-9-14(10-12-15)16(17)8-6-4-2-3-5-7-13-22(18,19)20;/h9-12H,2-8,13H2,1H3,(H,18,19,20);/q;+1/p-1. The van der Waals surface area contributed by atoms with Crippen LogP contribution >= 0.6 is 0 Å². The summed E-state index contributed by atoms with van der Waals surface area (Å²) < 4.78 is 36.3. The van der Waals surface area contributed by atoms with E-state index >= 15 is 0 Å². The van der Waals surface area contributed by atoms with Crippen LogP contribution in [0.4, 0.5) is 0 Å². The van der Waals surface area contributed by atoms with E-state index < -0.39 is 10.1 Å². The van der Waals surface area contributed by atoms with Gasteiger partial charge in [0.15, 0.2) is 5.78 Å². The summed E-state index contributed by atoms with van der Waals surface area (Å²) in [5, 5.41) is 0. The smallest absolute Gasteiger partial charge is 0.748 e. The third kappa shape index (κ3) is 10.9. The monoisotopic (exact) mass is 350 g/mol. The van der Waals surface area contributed by atoms with Gasteiger partial charge >= 0.3 is 29.6 Å². The SMILES string of the molecule is COc1ccc(C(=O)CCCCCCCCS(=O)(=O)[O-])cc1.[Na+]. The first-order chi connectivity index (χ1) is 10.4. The summed E-state index contributed by atoms with van der Waals surface area (Å²) >= 11 is 0. The average Bonchev–Trinajstić information content (AvgIpc) is 2.48. The summed E-state index contributed by atoms with van der Waals surface area (Å²) in [6, 6.07) is 7.09. The quantitative estimate of drug-likeness (QED) is 0.246. The predicted molar refractivity (Wildman–Crippen MR) is 84.2 cm³/mol. The van der Waals surface area contributed by atoms with Crippen LogP contribution in [0.5, 0.6) is 5.75 Å². The van der Waals surface area contributed by atoms with Crippen molar-refractivity contribution in [2.24, 2.45) is 0 Å². The van der Waals surface area contributed by atoms with E-state index in [1.165, 1.54) is 0 Å². The number of unbranched alkanes of at least 4 members (excludes halogenated alkanes) is 5. The zero-order valence-corrected chi connectivity index (χ0v) is 16.7. The average molecular weight is 350 g/mol. The van der Waals surface area contributed by atoms with E-state index in [0.717, 1.165) is 37.9 Å². The Hall–Kier alpha value is -0.400. The Morgan fingerprint density at radius 1 is 1.00 bits per heavy atom. The van der Waals surface area contributed by atoms with Crippen molar-refractivity contribution in [3.8, 4) is 5.75 Å². The van der Waals surface area contributed by atoms with Crippen LogP contribution in [-0.4, -0.2) is 31.6 Å². The normalized spacial score (nSPS) is 10.9. The summed E-state index contributed by atoms with van der Waals surface area (Å²) in [5.74, 6) is 0.583. The molecule has 0 aliphatic heterocycles. The van der Waals surface area contributed by atoms with Crippen molar-refractivity contribution in [3.05, 3.63) is 29.8 Å². The molecule has 0 unspecified atom stereocenters. The van der Waals surface area contributed by atoms with Crippen molar-refractivity contribution >= 4 is 15.9 Å². The number of Topliss-reactive ketones (excluding diaryl/α,β-unsaturated/α-hetero) is 1. The fourth-order valence-corrected chi connectivity index (χ4v) is 2.75. The molecule has 0 aliphatic carbocycles. The molecular weight excluding hydrogens is 327 g/mol. The van der Waals surface area contributed by atoms with Crippen LogP contribution in [0, 0.1) is 0 Å². The molecule has 0 bridgehead atoms. The number of hydrogen-bond acceptors (Lipinski definition) is 5. The molecule has 1 rings (SSSR count). The number of ether oxygens (including phenoxy) is 1. The van der Waals surface area contributed by atoms with Crippen molar-refractivity contribution < 1.29 is 52.1 Å². The van der Waals surface area contributed by atoms with Crippen LogP contribution in [0.2, 0.25) is 0 Å². The minimum absolute atomic E-state index is 0. The molecular formula is C16H23NaO5S. The number of hydrogen-bond donors (Lipinski definition) is 0. The Balaban J connectivity index is 0.00000484. The zero-order valence-electron chi connectivity index (χ0n) is 13.9. The summed E-state index contributed by atoms with van der Waals surface area (Å²) in [6.07, 6.45) is 5.30. The van der Waals surface area contributed by atoms with Gasteiger partial charge in [-0.05, 0) is 37.1 Å². The second-order valence-corrected chi connectivity index (χ2v) is 6.81. The van der Waals surface area contributed by atoms with Gasteiger partial charge in [-0.1, -0.05) is 25.7 Å². The van der Waals surface area contributed by atoms with Gasteiger partial charge in [0.25, 0.3) is 0 Å². The molecule has 1 aromatic carbocycles. The number of carbonyl (C=O) groups is 1. The summed E-state index contributed by atoms with van der Waals surface area (Å²) in [4.78, 5) is 11.9. The molecule has 0 heterocycles. The number of rotatable bonds is 11. The van der Waals surface area contributed by atoms with Gasteiger partial charge in [-0.25, -0.2) is 8.42 Å². The number of methoxy groups -OCH3 is 1. The van der Waals surface area contributed by atoms with Crippen LogP contribution in [0.25, 0.3) is 0 Å². The fourth-order valence-electron chi connectivity index (χ4n) is 2.19. The molecule has 0 radical (unpaired) electrons. The zero-order chi connectivity index (χ0) is 16.4. The van der Waals surface area contributed by atoms with Crippen molar-refractivity contribution in [3.63, 3.8) is 0 Å². The first-order valence-corrected chi connectivity index (χ1v) is 9.11. The third-order valence-electron chi connectivity index (χ3n) is 3.46. The maximum absolute atomic E-state index is 11.9. The van der Waals surface area contributed by atoms with E-state index in [-0.39, 0.29) is 41.1 Å². The van der Waals surface area contributed by atoms with E-state index in [1.807, 2.05) is 0 Å². The molecule has 124 valence electrons. The molecule has 0 N–H and O–H groups in total. The number of benzene rings is 1. The van der Waals surface area contributed by atoms with Gasteiger partial charge in [-0.3, -0.25) is 4.79 Å². The van der Waals surface area contributed by atoms with E-state index in [1.54, 1.807) is 31.4 Å². The number of ketones is 1. The molecule has 23 heavy (non-hydrogen) atoms. The minimum atomic E-state index is -4.07. The van der Waals surface area contributed by atoms with E-state index in [4.69, 9.17) is 4.74 Å². The van der Waals surface area contributed by atoms with Crippen LogP contribution in [0.3, 0.4) is 0 Å². The second kappa shape index (κ2) is 12.0. The molecule has 0 saturated heterocycles. The fraction of sp³-hybridized carbons (Fsp3) is 0.562. The van der Waals surface area contributed by atoms with E-state index in [0.29, 0.717) is 18.4 Å². The second-order valence-electron chi connectivity index (χ2n) is 5.28. The van der Waals surface area contributed by atoms with Gasteiger partial charge in [0.1, 0.15) is 5.75 Å². The Bertz CT molecular complexity index is 554. The first kappa shape index (κ1) is 22.6. The predicted octanol–water partition coefficient (Wildman–Crippen LogP) is 0.158. The molecule has 0 aliphatic rings. The number of carbonyl (C=O) groups excluding carboxylic acids is 1. The molecule has 5 nitrogen and oxygen atoms in total. The first-order valence-electron chi connectivity index (χ1n) is 7.53. The van der Waals surface area contributed by atoms with Gasteiger partial charge < -0.3 is 9.29 Å². The molecule has 1 aromatic rings. The van der Waals surface area contributed by atoms with Crippen molar-refractivity contribution in [2.45, 2.75) is 44.9 Å². The molecule has 0 fully saturated rings. The third-order valence-corrected chi connectivity index (χ3v) is 4.25. The topological polar surface area (TPSA) is 83.5 Å². The van der Waals surface area contributed by atoms with Crippen LogP contribution < -0.4 is 34.3 Å². The Labute approximate surface area is 160 Å². The van der Waals surface area contributed by atoms with Crippen LogP contribution in [-0.2, 0) is 10.1 Å². The Morgan fingerprint density at radius 3 is 2.04 bits per heavy atom. The molecule has 0 spiro atoms. The summed E-state index contributed by atoms with van der Waals surface area (Å²) in [5.41, 5.74) is 0.696. The molecule has 7 heteroatoms. The van der Waals surface area contributed by atoms with Gasteiger partial charge in [0.2, 0.25) is 0 Å². The van der Waals surface area contributed by atoms with E-state index in [2.05, 4.69) is 0 Å². The Kier molecular flexibility index (Phi) is 11.8. The van der Waals surface area contributed by atoms with Crippen LogP contribution in [0.1, 0.15) is 55.3 Å². The van der Waals surface area contributed by atoms with Gasteiger partial charge in [0, 0.05) is 17.7 Å². The van der Waals surface area contributed by atoms with Crippen molar-refractivity contribution in [1.29, 1.82) is 0 Å². The van der Waals surface area contributed by atoms with E-state index in [9.17, 15) is 17.8 Å². The molecule has 0 saturated carbocycles. The maximum atomic E-state index is 11.9. The van der Waals surface area contributed by atoms with Crippen LogP contribution in [0.15, 0.2) is 24.3 Å². The van der Waals surface area contributed by atoms with Gasteiger partial charge in [0.05, 0.1) is 17.2 Å². The van der Waals surface area contributed by atoms with Gasteiger partial charge in [-0.2, -0.15) is 0 Å². The largest absolute Gasteiger partial charge is 1.00 e. The van der Waals surface area contributed by atoms with Crippen molar-refractivity contribution in [1.82, 2.24) is 0 Å². The molecule has 0 atom stereocenters. The maximum Gasteiger partial charge on any atom is 1.00 e. The summed E-state index contributed by atoms with van der Waals surface area (Å²) in [6.45, 7) is 0. The van der Waals surface area contributed by atoms with Gasteiger partial charge in [-0.15, -0.1) is 0 Å².